The summed E-state index contributed by atoms with van der Waals surface area (Å²) < 4.78 is 1.92. The quantitative estimate of drug-likeness (QED) is 0.508. The number of carbonyl (C=O) groups is 2. The van der Waals surface area contributed by atoms with Crippen molar-refractivity contribution in [2.24, 2.45) is 0 Å². The number of amides is 2. The van der Waals surface area contributed by atoms with E-state index in [1.807, 2.05) is 60.0 Å². The van der Waals surface area contributed by atoms with Crippen LogP contribution in [-0.4, -0.2) is 56.9 Å². The first kappa shape index (κ1) is 22.4. The fraction of sp³-hybridized carbons (Fsp3) is 0.304. The molecule has 0 aliphatic heterocycles. The van der Waals surface area contributed by atoms with Crippen molar-refractivity contribution in [3.05, 3.63) is 59.1 Å². The van der Waals surface area contributed by atoms with Gasteiger partial charge in [0.1, 0.15) is 0 Å². The normalized spacial score (nSPS) is 13.1. The zero-order chi connectivity index (χ0) is 22.7. The molecule has 0 bridgehead atoms. The lowest BCUT2D eigenvalue weighted by molar-refractivity contribution is -0.132. The number of nitrogens with one attached hydrogen (secondary N) is 1. The maximum Gasteiger partial charge on any atom is 0.239 e. The van der Waals surface area contributed by atoms with Crippen LogP contribution in [0.4, 0.5) is 0 Å². The topological polar surface area (TPSA) is 80.1 Å². The van der Waals surface area contributed by atoms with E-state index in [1.165, 1.54) is 16.7 Å². The van der Waals surface area contributed by atoms with Crippen LogP contribution in [0.5, 0.6) is 0 Å². The van der Waals surface area contributed by atoms with E-state index in [1.54, 1.807) is 7.05 Å². The van der Waals surface area contributed by atoms with Gasteiger partial charge in [-0.3, -0.25) is 14.2 Å². The van der Waals surface area contributed by atoms with Gasteiger partial charge in [-0.25, -0.2) is 0 Å². The van der Waals surface area contributed by atoms with Crippen LogP contribution >= 0.6 is 23.4 Å². The van der Waals surface area contributed by atoms with Crippen LogP contribution in [-0.2, 0) is 9.59 Å². The highest BCUT2D eigenvalue weighted by molar-refractivity contribution is 7.99. The molecule has 0 spiro atoms. The van der Waals surface area contributed by atoms with Crippen LogP contribution in [0.1, 0.15) is 18.4 Å². The number of aryl methyl sites for hydroxylation is 1. The molecule has 2 aromatic carbocycles. The van der Waals surface area contributed by atoms with Gasteiger partial charge in [-0.1, -0.05) is 53.2 Å². The van der Waals surface area contributed by atoms with Gasteiger partial charge in [0.05, 0.1) is 12.3 Å². The average Bonchev–Trinajstić information content (AvgIpc) is 3.49. The summed E-state index contributed by atoms with van der Waals surface area (Å²) in [5.74, 6) is 0.551. The Morgan fingerprint density at radius 2 is 1.81 bits per heavy atom. The van der Waals surface area contributed by atoms with Crippen molar-refractivity contribution in [2.75, 3.05) is 19.3 Å². The fourth-order valence-corrected chi connectivity index (χ4v) is 4.14. The molecule has 1 aliphatic rings. The minimum absolute atomic E-state index is 0.0500. The summed E-state index contributed by atoms with van der Waals surface area (Å²) in [6.07, 6.45) is 2.03. The minimum atomic E-state index is -0.150. The van der Waals surface area contributed by atoms with Gasteiger partial charge in [0.25, 0.3) is 0 Å². The lowest BCUT2D eigenvalue weighted by Crippen LogP contribution is -2.39. The maximum atomic E-state index is 12.6. The smallest absolute Gasteiger partial charge is 0.239 e. The van der Waals surface area contributed by atoms with E-state index in [9.17, 15) is 9.59 Å². The van der Waals surface area contributed by atoms with E-state index in [2.05, 4.69) is 15.5 Å². The third kappa shape index (κ3) is 5.49. The molecule has 1 aromatic heterocycles. The van der Waals surface area contributed by atoms with Gasteiger partial charge in [0.2, 0.25) is 11.8 Å². The van der Waals surface area contributed by atoms with Gasteiger partial charge in [-0.2, -0.15) is 0 Å². The summed E-state index contributed by atoms with van der Waals surface area (Å²) in [5.41, 5.74) is 2.92. The summed E-state index contributed by atoms with van der Waals surface area (Å²) in [5, 5.41) is 12.9. The number of nitrogens with zero attached hydrogens (tertiary/aromatic N) is 4. The number of halogens is 1. The first-order chi connectivity index (χ1) is 15.4. The molecule has 1 fully saturated rings. The molecule has 0 saturated heterocycles. The second-order valence-electron chi connectivity index (χ2n) is 7.86. The summed E-state index contributed by atoms with van der Waals surface area (Å²) in [4.78, 5) is 26.0. The molecular weight excluding hydrogens is 446 g/mol. The van der Waals surface area contributed by atoms with Crippen LogP contribution in [0.25, 0.3) is 17.1 Å². The fourth-order valence-electron chi connectivity index (χ4n) is 3.12. The molecule has 7 nitrogen and oxygen atoms in total. The highest BCUT2D eigenvalue weighted by Crippen LogP contribution is 2.29. The monoisotopic (exact) mass is 469 g/mol. The van der Waals surface area contributed by atoms with Crippen LogP contribution in [0.15, 0.2) is 53.7 Å². The van der Waals surface area contributed by atoms with Crippen molar-refractivity contribution in [3.63, 3.8) is 0 Å². The van der Waals surface area contributed by atoms with E-state index in [-0.39, 0.29) is 30.2 Å². The Bertz CT molecular complexity index is 1110. The lowest BCUT2D eigenvalue weighted by Gasteiger charge is -2.16. The number of hydrogen-bond donors (Lipinski definition) is 1. The van der Waals surface area contributed by atoms with Crippen molar-refractivity contribution in [1.29, 1.82) is 0 Å². The number of likely N-dealkylation sites (N-methyl/N-ethyl adjacent to an activating group) is 1. The van der Waals surface area contributed by atoms with E-state index in [0.29, 0.717) is 16.0 Å². The maximum absolute atomic E-state index is 12.6. The molecule has 0 radical (unpaired) electrons. The standard InChI is InChI=1S/C23H24ClN5O2S/c1-15-3-5-16(6-4-15)22-26-27-23(29(22)19-11-7-17(24)8-12-19)32-14-21(31)28(2)13-20(30)25-18-9-10-18/h3-8,11-12,18H,9-10,13-14H2,1-2H3,(H,25,30). The number of hydrogen-bond acceptors (Lipinski definition) is 5. The predicted octanol–water partition coefficient (Wildman–Crippen LogP) is 3.73. The van der Waals surface area contributed by atoms with E-state index in [0.717, 1.165) is 29.7 Å². The van der Waals surface area contributed by atoms with Crippen LogP contribution in [0.3, 0.4) is 0 Å². The molecule has 0 unspecified atom stereocenters. The molecule has 1 aliphatic carbocycles. The molecule has 3 aromatic rings. The van der Waals surface area contributed by atoms with Gasteiger partial charge in [0, 0.05) is 29.4 Å². The van der Waals surface area contributed by atoms with Crippen LogP contribution in [0, 0.1) is 6.92 Å². The van der Waals surface area contributed by atoms with Crippen LogP contribution < -0.4 is 5.32 Å². The Hall–Kier alpha value is -2.84. The van der Waals surface area contributed by atoms with Crippen molar-refractivity contribution in [1.82, 2.24) is 25.0 Å². The molecule has 1 saturated carbocycles. The summed E-state index contributed by atoms with van der Waals surface area (Å²) in [7, 11) is 1.64. The van der Waals surface area contributed by atoms with Gasteiger partial charge >= 0.3 is 0 Å². The number of aromatic nitrogens is 3. The first-order valence-corrected chi connectivity index (χ1v) is 11.7. The highest BCUT2D eigenvalue weighted by Gasteiger charge is 2.24. The Balaban J connectivity index is 1.52. The number of thioether (sulfide) groups is 1. The number of carbonyl (C=O) groups excluding carboxylic acids is 2. The molecule has 166 valence electrons. The van der Waals surface area contributed by atoms with Crippen molar-refractivity contribution in [2.45, 2.75) is 31.0 Å². The van der Waals surface area contributed by atoms with Gasteiger partial charge in [-0.15, -0.1) is 10.2 Å². The van der Waals surface area contributed by atoms with E-state index >= 15 is 0 Å². The van der Waals surface area contributed by atoms with Gasteiger partial charge < -0.3 is 10.2 Å². The second-order valence-corrected chi connectivity index (χ2v) is 9.24. The zero-order valence-corrected chi connectivity index (χ0v) is 19.5. The molecule has 32 heavy (non-hydrogen) atoms. The summed E-state index contributed by atoms with van der Waals surface area (Å²) >= 11 is 7.36. The minimum Gasteiger partial charge on any atom is -0.352 e. The molecule has 2 amide bonds. The molecule has 0 atom stereocenters. The van der Waals surface area contributed by atoms with Crippen molar-refractivity contribution in [3.8, 4) is 17.1 Å². The molecule has 9 heteroatoms. The summed E-state index contributed by atoms with van der Waals surface area (Å²) in [6.45, 7) is 2.08. The third-order valence-corrected chi connectivity index (χ3v) is 6.27. The summed E-state index contributed by atoms with van der Waals surface area (Å²) in [6, 6.07) is 15.7. The number of benzene rings is 2. The molecule has 1 heterocycles. The first-order valence-electron chi connectivity index (χ1n) is 10.4. The Morgan fingerprint density at radius 1 is 1.12 bits per heavy atom. The SMILES string of the molecule is Cc1ccc(-c2nnc(SCC(=O)N(C)CC(=O)NC3CC3)n2-c2ccc(Cl)cc2)cc1. The van der Waals surface area contributed by atoms with Crippen molar-refractivity contribution < 1.29 is 9.59 Å². The second kappa shape index (κ2) is 9.75. The number of rotatable bonds is 8. The van der Waals surface area contributed by atoms with E-state index < -0.39 is 0 Å². The predicted molar refractivity (Wildman–Crippen MR) is 126 cm³/mol. The van der Waals surface area contributed by atoms with Crippen molar-refractivity contribution >= 4 is 35.2 Å². The van der Waals surface area contributed by atoms with Crippen LogP contribution in [0.2, 0.25) is 5.02 Å². The molecular formula is C23H24ClN5O2S. The molecule has 1 N–H and O–H groups in total. The highest BCUT2D eigenvalue weighted by atomic mass is 35.5. The zero-order valence-electron chi connectivity index (χ0n) is 17.9. The molecule has 4 rings (SSSR count). The largest absolute Gasteiger partial charge is 0.352 e. The Morgan fingerprint density at radius 3 is 2.47 bits per heavy atom. The third-order valence-electron chi connectivity index (χ3n) is 5.10. The van der Waals surface area contributed by atoms with Gasteiger partial charge in [0.15, 0.2) is 11.0 Å². The van der Waals surface area contributed by atoms with Gasteiger partial charge in [-0.05, 0) is 44.0 Å². The van der Waals surface area contributed by atoms with E-state index in [4.69, 9.17) is 11.6 Å². The lowest BCUT2D eigenvalue weighted by atomic mass is 10.1. The Kier molecular flexibility index (Phi) is 6.81. The Labute approximate surface area is 196 Å². The average molecular weight is 470 g/mol.